The van der Waals surface area contributed by atoms with Crippen molar-refractivity contribution in [2.24, 2.45) is 0 Å². The van der Waals surface area contributed by atoms with E-state index in [0.717, 1.165) is 15.7 Å². The smallest absolute Gasteiger partial charge is 0.341 e. The quantitative estimate of drug-likeness (QED) is 0.210. The van der Waals surface area contributed by atoms with Crippen molar-refractivity contribution < 1.29 is 19.3 Å². The molecule has 2 heterocycles. The van der Waals surface area contributed by atoms with E-state index in [1.54, 1.807) is 16.8 Å². The van der Waals surface area contributed by atoms with Gasteiger partial charge >= 0.3 is 17.2 Å². The standard InChI is InChI=1S/C25H18BrClN4O4S/c26-15-9-10-20(35-12-21(32)33)17(11-15)23-28-19-8-4-2-6-16(19)22-24(34)29-25(30-31(22)23)36-13-14-5-1-3-7-18(14)27/h1-11,23H,12-13H2,(H2,29,30,32,33,34)/p+1/t23-/m0/s1. The van der Waals surface area contributed by atoms with Gasteiger partial charge in [-0.05, 0) is 46.6 Å². The van der Waals surface area contributed by atoms with Crippen molar-refractivity contribution in [2.45, 2.75) is 17.1 Å². The van der Waals surface area contributed by atoms with E-state index in [-0.39, 0.29) is 5.56 Å². The topological polar surface area (TPSA) is 108 Å². The molecule has 0 saturated heterocycles. The lowest BCUT2D eigenvalue weighted by Crippen LogP contribution is -2.55. The molecule has 182 valence electrons. The minimum Gasteiger partial charge on any atom is -0.481 e. The molecule has 1 aliphatic rings. The number of rotatable bonds is 7. The molecule has 0 fully saturated rings. The Morgan fingerprint density at radius 2 is 1.94 bits per heavy atom. The molecule has 1 aliphatic heterocycles. The number of ether oxygens (including phenoxy) is 1. The summed E-state index contributed by atoms with van der Waals surface area (Å²) >= 11 is 11.1. The van der Waals surface area contributed by atoms with Gasteiger partial charge in [-0.1, -0.05) is 69.6 Å². The second kappa shape index (κ2) is 10.3. The van der Waals surface area contributed by atoms with Crippen molar-refractivity contribution in [2.75, 3.05) is 11.9 Å². The van der Waals surface area contributed by atoms with Gasteiger partial charge in [0, 0.05) is 20.3 Å². The van der Waals surface area contributed by atoms with Crippen LogP contribution < -0.4 is 20.3 Å². The summed E-state index contributed by atoms with van der Waals surface area (Å²) in [6.45, 7) is -0.503. The number of carboxylic acid groups (broad SMARTS) is 1. The van der Waals surface area contributed by atoms with E-state index in [1.165, 1.54) is 11.8 Å². The molecule has 0 bridgehead atoms. The summed E-state index contributed by atoms with van der Waals surface area (Å²) in [5, 5.41) is 18.4. The summed E-state index contributed by atoms with van der Waals surface area (Å²) in [6, 6.07) is 20.2. The van der Waals surface area contributed by atoms with Gasteiger partial charge in [-0.3, -0.25) is 9.78 Å². The maximum atomic E-state index is 13.4. The molecule has 11 heteroatoms. The van der Waals surface area contributed by atoms with Gasteiger partial charge in [0.2, 0.25) is 5.16 Å². The first-order valence-corrected chi connectivity index (χ1v) is 13.0. The summed E-state index contributed by atoms with van der Waals surface area (Å²) in [6.07, 6.45) is -0.641. The van der Waals surface area contributed by atoms with Gasteiger partial charge in [0.1, 0.15) is 5.75 Å². The zero-order valence-corrected chi connectivity index (χ0v) is 21.7. The molecule has 1 aromatic heterocycles. The highest BCUT2D eigenvalue weighted by atomic mass is 79.9. The number of nitrogens with zero attached hydrogens (tertiary/aromatic N) is 2. The highest BCUT2D eigenvalue weighted by Crippen LogP contribution is 2.36. The van der Waals surface area contributed by atoms with E-state index in [9.17, 15) is 9.59 Å². The van der Waals surface area contributed by atoms with Gasteiger partial charge in [-0.15, -0.1) is 0 Å². The van der Waals surface area contributed by atoms with Crippen LogP contribution in [0.15, 0.2) is 81.2 Å². The second-order valence-electron chi connectivity index (χ2n) is 7.89. The third-order valence-corrected chi connectivity index (χ3v) is 7.30. The van der Waals surface area contributed by atoms with Crippen molar-refractivity contribution in [3.05, 3.63) is 97.7 Å². The molecule has 36 heavy (non-hydrogen) atoms. The Bertz CT molecular complexity index is 1530. The molecular formula is C25H19BrClN4O4S+. The number of hydrogen-bond donors (Lipinski definition) is 3. The van der Waals surface area contributed by atoms with Crippen LogP contribution in [0, 0.1) is 0 Å². The maximum absolute atomic E-state index is 13.4. The number of anilines is 1. The largest absolute Gasteiger partial charge is 0.481 e. The van der Waals surface area contributed by atoms with Crippen molar-refractivity contribution in [1.29, 1.82) is 0 Å². The predicted molar refractivity (Wildman–Crippen MR) is 141 cm³/mol. The Morgan fingerprint density at radius 3 is 2.75 bits per heavy atom. The van der Waals surface area contributed by atoms with Gasteiger partial charge in [-0.2, -0.15) is 0 Å². The van der Waals surface area contributed by atoms with E-state index >= 15 is 0 Å². The Hall–Kier alpha value is -3.34. The molecule has 5 rings (SSSR count). The molecule has 0 saturated carbocycles. The number of benzene rings is 3. The van der Waals surface area contributed by atoms with E-state index in [0.29, 0.717) is 38.5 Å². The van der Waals surface area contributed by atoms with Gasteiger partial charge in [-0.25, -0.2) is 4.79 Å². The van der Waals surface area contributed by atoms with E-state index in [4.69, 9.17) is 26.5 Å². The SMILES string of the molecule is O=C(O)COc1ccc(Br)cc1[C@H]1Nc2ccccc2-c2c(=O)[nH]c(SCc3ccccc3Cl)n[n+]21. The number of nitrogens with one attached hydrogen (secondary N) is 2. The van der Waals surface area contributed by atoms with Crippen LogP contribution in [0.4, 0.5) is 5.69 Å². The number of para-hydroxylation sites is 1. The number of fused-ring (bicyclic) bond motifs is 3. The monoisotopic (exact) mass is 585 g/mol. The highest BCUT2D eigenvalue weighted by Gasteiger charge is 2.39. The summed E-state index contributed by atoms with van der Waals surface area (Å²) < 4.78 is 7.96. The Kier molecular flexibility index (Phi) is 6.99. The zero-order valence-electron chi connectivity index (χ0n) is 18.6. The van der Waals surface area contributed by atoms with Crippen molar-refractivity contribution in [3.8, 4) is 17.0 Å². The second-order valence-corrected chi connectivity index (χ2v) is 10.2. The summed E-state index contributed by atoms with van der Waals surface area (Å²) in [4.78, 5) is 27.4. The Balaban J connectivity index is 1.61. The third-order valence-electron chi connectivity index (χ3n) is 5.52. The number of aliphatic carboxylic acids is 1. The molecule has 0 amide bonds. The summed E-state index contributed by atoms with van der Waals surface area (Å²) in [7, 11) is 0. The lowest BCUT2D eigenvalue weighted by Gasteiger charge is -2.23. The predicted octanol–water partition coefficient (Wildman–Crippen LogP) is 4.87. The number of thioether (sulfide) groups is 1. The molecule has 0 unspecified atom stereocenters. The van der Waals surface area contributed by atoms with Crippen LogP contribution >= 0.6 is 39.3 Å². The van der Waals surface area contributed by atoms with E-state index in [1.807, 2.05) is 54.6 Å². The average molecular weight is 587 g/mol. The molecule has 8 nitrogen and oxygen atoms in total. The maximum Gasteiger partial charge on any atom is 0.341 e. The van der Waals surface area contributed by atoms with Crippen LogP contribution in [0.2, 0.25) is 5.02 Å². The first-order valence-electron chi connectivity index (χ1n) is 10.8. The number of halogens is 2. The first kappa shape index (κ1) is 24.4. The van der Waals surface area contributed by atoms with Crippen LogP contribution in [-0.4, -0.2) is 27.8 Å². The third kappa shape index (κ3) is 4.97. The fourth-order valence-electron chi connectivity index (χ4n) is 3.93. The van der Waals surface area contributed by atoms with Gasteiger partial charge in [0.05, 0.1) is 16.8 Å². The molecule has 3 N–H and O–H groups in total. The fraction of sp³-hybridized carbons (Fsp3) is 0.120. The number of carboxylic acids is 1. The Morgan fingerprint density at radius 1 is 1.17 bits per heavy atom. The van der Waals surface area contributed by atoms with Crippen LogP contribution in [0.25, 0.3) is 11.3 Å². The first-order chi connectivity index (χ1) is 17.4. The molecular weight excluding hydrogens is 568 g/mol. The zero-order chi connectivity index (χ0) is 25.2. The minimum absolute atomic E-state index is 0.298. The molecule has 1 atom stereocenters. The number of carbonyl (C=O) groups is 1. The van der Waals surface area contributed by atoms with Crippen molar-refractivity contribution in [1.82, 2.24) is 10.1 Å². The lowest BCUT2D eigenvalue weighted by molar-refractivity contribution is -0.759. The summed E-state index contributed by atoms with van der Waals surface area (Å²) in [5.41, 5.74) is 3.07. The van der Waals surface area contributed by atoms with Crippen molar-refractivity contribution in [3.63, 3.8) is 0 Å². The number of aromatic amines is 1. The molecule has 3 aromatic carbocycles. The van der Waals surface area contributed by atoms with Crippen LogP contribution in [-0.2, 0) is 10.5 Å². The number of H-pyrrole nitrogens is 1. The molecule has 0 spiro atoms. The van der Waals surface area contributed by atoms with Gasteiger partial charge in [0.15, 0.2) is 6.61 Å². The van der Waals surface area contributed by atoms with E-state index < -0.39 is 18.7 Å². The van der Waals surface area contributed by atoms with Gasteiger partial charge in [0.25, 0.3) is 6.17 Å². The highest BCUT2D eigenvalue weighted by molar-refractivity contribution is 9.10. The molecule has 4 aromatic rings. The van der Waals surface area contributed by atoms with Crippen LogP contribution in [0.5, 0.6) is 5.75 Å². The fourth-order valence-corrected chi connectivity index (χ4v) is 5.44. The number of aromatic nitrogens is 3. The average Bonchev–Trinajstić information content (AvgIpc) is 2.86. The molecule has 0 radical (unpaired) electrons. The Labute approximate surface area is 223 Å². The number of hydrogen-bond acceptors (Lipinski definition) is 6. The summed E-state index contributed by atoms with van der Waals surface area (Å²) in [5.74, 6) is -0.212. The molecule has 0 aliphatic carbocycles. The van der Waals surface area contributed by atoms with Crippen molar-refractivity contribution >= 4 is 50.9 Å². The minimum atomic E-state index is -1.09. The normalized spacial score (nSPS) is 13.9. The van der Waals surface area contributed by atoms with Crippen LogP contribution in [0.1, 0.15) is 17.3 Å². The van der Waals surface area contributed by atoms with Gasteiger partial charge < -0.3 is 15.2 Å². The van der Waals surface area contributed by atoms with E-state index in [2.05, 4.69) is 26.2 Å². The lowest BCUT2D eigenvalue weighted by atomic mass is 10.0. The van der Waals surface area contributed by atoms with Crippen LogP contribution in [0.3, 0.4) is 0 Å².